The Morgan fingerprint density at radius 1 is 0.750 bits per heavy atom. The summed E-state index contributed by atoms with van der Waals surface area (Å²) in [7, 11) is 0. The first-order valence-corrected chi connectivity index (χ1v) is 10.1. The van der Waals surface area contributed by atoms with Gasteiger partial charge in [0.05, 0.1) is 11.4 Å². The van der Waals surface area contributed by atoms with Gasteiger partial charge < -0.3 is 0 Å². The van der Waals surface area contributed by atoms with Gasteiger partial charge in [-0.2, -0.15) is 5.10 Å². The van der Waals surface area contributed by atoms with Crippen molar-refractivity contribution >= 4 is 17.2 Å². The molecule has 0 saturated heterocycles. The largest absolute Gasteiger partial charge is 0.300 e. The highest BCUT2D eigenvalue weighted by Crippen LogP contribution is 2.56. The van der Waals surface area contributed by atoms with Gasteiger partial charge in [-0.15, -0.1) is 0 Å². The van der Waals surface area contributed by atoms with E-state index in [1.807, 2.05) is 13.8 Å². The molecule has 0 saturated carbocycles. The molecule has 1 unspecified atom stereocenters. The molecule has 0 aromatic heterocycles. The number of hydrogen-bond donors (Lipinski definition) is 0. The number of rotatable bonds is 1. The predicted octanol–water partition coefficient (Wildman–Crippen LogP) is 6.00. The van der Waals surface area contributed by atoms with Crippen molar-refractivity contribution in [2.45, 2.75) is 39.3 Å². The topological polar surface area (TPSA) is 18.8 Å². The molecule has 0 bridgehead atoms. The minimum atomic E-state index is -0.0333. The lowest BCUT2D eigenvalue weighted by Crippen LogP contribution is -2.49. The zero-order chi connectivity index (χ0) is 19.5. The van der Waals surface area contributed by atoms with E-state index in [9.17, 15) is 0 Å². The number of para-hydroxylation sites is 2. The Hall–Kier alpha value is -3.07. The molecule has 3 heteroatoms. The van der Waals surface area contributed by atoms with E-state index < -0.39 is 0 Å². The summed E-state index contributed by atoms with van der Waals surface area (Å²) in [4.78, 5) is 2.46. The number of fused-ring (bicyclic) bond motifs is 3. The third kappa shape index (κ3) is 2.02. The van der Waals surface area contributed by atoms with Crippen molar-refractivity contribution in [3.63, 3.8) is 0 Å². The number of hydrogen-bond acceptors (Lipinski definition) is 3. The Balaban J connectivity index is 0.000000829. The van der Waals surface area contributed by atoms with Gasteiger partial charge >= 0.3 is 0 Å². The quantitative estimate of drug-likeness (QED) is 0.525. The van der Waals surface area contributed by atoms with Crippen molar-refractivity contribution in [1.82, 2.24) is 0 Å². The molecule has 3 aliphatic heterocycles. The van der Waals surface area contributed by atoms with E-state index in [0.29, 0.717) is 0 Å². The minimum absolute atomic E-state index is 0.0333. The van der Waals surface area contributed by atoms with E-state index in [2.05, 4.69) is 96.6 Å². The molecule has 6 rings (SSSR count). The second kappa shape index (κ2) is 5.96. The minimum Gasteiger partial charge on any atom is -0.300 e. The van der Waals surface area contributed by atoms with Crippen LogP contribution in [0.15, 0.2) is 77.9 Å². The van der Waals surface area contributed by atoms with Crippen LogP contribution < -0.4 is 9.91 Å². The first-order valence-electron chi connectivity index (χ1n) is 10.1. The lowest BCUT2D eigenvalue weighted by Gasteiger charge is -2.35. The lowest BCUT2D eigenvalue weighted by atomic mass is 9.82. The number of hydrazone groups is 1. The van der Waals surface area contributed by atoms with Crippen molar-refractivity contribution in [3.8, 4) is 11.1 Å². The van der Waals surface area contributed by atoms with Gasteiger partial charge in [-0.3, -0.25) is 4.90 Å². The van der Waals surface area contributed by atoms with Crippen LogP contribution in [0, 0.1) is 0 Å². The zero-order valence-electron chi connectivity index (χ0n) is 16.8. The summed E-state index contributed by atoms with van der Waals surface area (Å²) in [6, 6.07) is 25.9. The average molecular weight is 367 g/mol. The standard InChI is InChI=1S/C23H19N3.C2H6/c1-23(2)19-14-8-13-17-16-11-6-7-12-18(16)21-24-26(15-9-4-3-5-10-15)22(23)25(21)20(17)19;1-2/h3-14,22H,1-2H3;1-2H3. The Kier molecular flexibility index (Phi) is 3.63. The fourth-order valence-electron chi connectivity index (χ4n) is 4.84. The van der Waals surface area contributed by atoms with Crippen molar-refractivity contribution in [2.75, 3.05) is 9.91 Å². The molecular weight excluding hydrogens is 342 g/mol. The summed E-state index contributed by atoms with van der Waals surface area (Å²) in [5.74, 6) is 1.07. The van der Waals surface area contributed by atoms with Gasteiger partial charge in [0.25, 0.3) is 0 Å². The second-order valence-electron chi connectivity index (χ2n) is 7.82. The molecule has 0 amide bonds. The molecule has 0 fully saturated rings. The molecule has 3 nitrogen and oxygen atoms in total. The van der Waals surface area contributed by atoms with Crippen LogP contribution >= 0.6 is 0 Å². The summed E-state index contributed by atoms with van der Waals surface area (Å²) >= 11 is 0. The van der Waals surface area contributed by atoms with Crippen molar-refractivity contribution < 1.29 is 0 Å². The van der Waals surface area contributed by atoms with E-state index in [0.717, 1.165) is 11.5 Å². The van der Waals surface area contributed by atoms with Crippen molar-refractivity contribution in [2.24, 2.45) is 5.10 Å². The van der Waals surface area contributed by atoms with E-state index in [1.54, 1.807) is 0 Å². The van der Waals surface area contributed by atoms with Crippen LogP contribution in [0.3, 0.4) is 0 Å². The highest BCUT2D eigenvalue weighted by Gasteiger charge is 2.55. The molecule has 0 N–H and O–H groups in total. The molecular formula is C25H25N3. The van der Waals surface area contributed by atoms with Gasteiger partial charge in [0, 0.05) is 16.5 Å². The SMILES string of the molecule is CC.CC1(C)c2cccc3c2N2C(=NN(c4ccccc4)C21)c1ccccc1-3. The highest BCUT2D eigenvalue weighted by molar-refractivity contribution is 6.22. The lowest BCUT2D eigenvalue weighted by molar-refractivity contribution is 0.437. The molecule has 28 heavy (non-hydrogen) atoms. The van der Waals surface area contributed by atoms with Crippen LogP contribution in [0.4, 0.5) is 11.4 Å². The number of amidine groups is 1. The summed E-state index contributed by atoms with van der Waals surface area (Å²) in [6.45, 7) is 8.68. The molecule has 3 aromatic rings. The van der Waals surface area contributed by atoms with Gasteiger partial charge in [-0.1, -0.05) is 88.4 Å². The van der Waals surface area contributed by atoms with Crippen LogP contribution in [0.25, 0.3) is 11.1 Å². The molecule has 0 radical (unpaired) electrons. The summed E-state index contributed by atoms with van der Waals surface area (Å²) in [5, 5.41) is 7.33. The van der Waals surface area contributed by atoms with Crippen LogP contribution in [-0.4, -0.2) is 12.0 Å². The molecule has 3 aliphatic rings. The fourth-order valence-corrected chi connectivity index (χ4v) is 4.84. The smallest absolute Gasteiger partial charge is 0.163 e. The molecule has 3 heterocycles. The van der Waals surface area contributed by atoms with Crippen LogP contribution in [0.1, 0.15) is 38.8 Å². The summed E-state index contributed by atoms with van der Waals surface area (Å²) in [6.07, 6.45) is 0.157. The Morgan fingerprint density at radius 3 is 2.14 bits per heavy atom. The highest BCUT2D eigenvalue weighted by atomic mass is 15.6. The molecule has 3 aromatic carbocycles. The van der Waals surface area contributed by atoms with E-state index in [1.165, 1.54) is 27.9 Å². The van der Waals surface area contributed by atoms with Crippen LogP contribution in [0.2, 0.25) is 0 Å². The van der Waals surface area contributed by atoms with Gasteiger partial charge in [-0.25, -0.2) is 5.01 Å². The van der Waals surface area contributed by atoms with E-state index >= 15 is 0 Å². The summed E-state index contributed by atoms with van der Waals surface area (Å²) in [5.41, 5.74) is 7.67. The third-order valence-corrected chi connectivity index (χ3v) is 6.00. The molecule has 1 atom stereocenters. The molecule has 140 valence electrons. The maximum atomic E-state index is 5.12. The van der Waals surface area contributed by atoms with Crippen molar-refractivity contribution in [1.29, 1.82) is 0 Å². The van der Waals surface area contributed by atoms with E-state index in [4.69, 9.17) is 5.10 Å². The maximum absolute atomic E-state index is 5.12. The Morgan fingerprint density at radius 2 is 1.39 bits per heavy atom. The van der Waals surface area contributed by atoms with E-state index in [-0.39, 0.29) is 11.6 Å². The predicted molar refractivity (Wildman–Crippen MR) is 118 cm³/mol. The van der Waals surface area contributed by atoms with Crippen LogP contribution in [0.5, 0.6) is 0 Å². The normalized spacial score (nSPS) is 19.4. The van der Waals surface area contributed by atoms with Gasteiger partial charge in [0.1, 0.15) is 6.17 Å². The first-order chi connectivity index (χ1) is 13.7. The van der Waals surface area contributed by atoms with Crippen molar-refractivity contribution in [3.05, 3.63) is 83.9 Å². The first kappa shape index (κ1) is 17.1. The second-order valence-corrected chi connectivity index (χ2v) is 7.82. The van der Waals surface area contributed by atoms with Gasteiger partial charge in [-0.05, 0) is 23.3 Å². The van der Waals surface area contributed by atoms with Crippen LogP contribution in [-0.2, 0) is 5.41 Å². The number of anilines is 2. The van der Waals surface area contributed by atoms with Gasteiger partial charge in [0.15, 0.2) is 5.84 Å². The number of benzene rings is 3. The molecule has 0 aliphatic carbocycles. The zero-order valence-corrected chi connectivity index (χ0v) is 16.8. The fraction of sp³-hybridized carbons (Fsp3) is 0.240. The Labute approximate surface area is 166 Å². The Bertz CT molecular complexity index is 1080. The average Bonchev–Trinajstić information content (AvgIpc) is 3.27. The number of nitrogens with zero attached hydrogens (tertiary/aromatic N) is 3. The monoisotopic (exact) mass is 367 g/mol. The summed E-state index contributed by atoms with van der Waals surface area (Å²) < 4.78 is 0. The van der Waals surface area contributed by atoms with Gasteiger partial charge in [0.2, 0.25) is 0 Å². The third-order valence-electron chi connectivity index (χ3n) is 6.00. The molecule has 0 spiro atoms. The maximum Gasteiger partial charge on any atom is 0.163 e.